The maximum absolute atomic E-state index is 11.8. The van der Waals surface area contributed by atoms with Crippen LogP contribution < -0.4 is 10.6 Å². The number of nitrogens with zero attached hydrogens (tertiary/aromatic N) is 1. The molecule has 20 heavy (non-hydrogen) atoms. The fourth-order valence-corrected chi connectivity index (χ4v) is 2.12. The number of amides is 1. The van der Waals surface area contributed by atoms with Crippen LogP contribution in [0.4, 0.5) is 0 Å². The molecule has 0 aromatic rings. The van der Waals surface area contributed by atoms with Gasteiger partial charge in [0.05, 0.1) is 19.8 Å². The minimum absolute atomic E-state index is 0.132. The molecule has 6 heteroatoms. The highest BCUT2D eigenvalue weighted by molar-refractivity contribution is 5.77. The van der Waals surface area contributed by atoms with Crippen molar-refractivity contribution in [3.8, 4) is 0 Å². The largest absolute Gasteiger partial charge is 0.382 e. The maximum atomic E-state index is 11.8. The van der Waals surface area contributed by atoms with Gasteiger partial charge in [0.15, 0.2) is 0 Å². The summed E-state index contributed by atoms with van der Waals surface area (Å²) in [6.07, 6.45) is 3.05. The molecule has 0 atom stereocenters. The van der Waals surface area contributed by atoms with Gasteiger partial charge in [-0.1, -0.05) is 0 Å². The van der Waals surface area contributed by atoms with Crippen molar-refractivity contribution in [3.63, 3.8) is 0 Å². The van der Waals surface area contributed by atoms with Crippen LogP contribution in [-0.4, -0.2) is 77.0 Å². The van der Waals surface area contributed by atoms with Gasteiger partial charge < -0.3 is 20.1 Å². The third-order valence-electron chi connectivity index (χ3n) is 3.27. The van der Waals surface area contributed by atoms with Crippen LogP contribution in [0.3, 0.4) is 0 Å². The zero-order valence-corrected chi connectivity index (χ0v) is 12.7. The fraction of sp³-hybridized carbons (Fsp3) is 0.929. The molecule has 1 aliphatic heterocycles. The lowest BCUT2D eigenvalue weighted by molar-refractivity contribution is -0.122. The van der Waals surface area contributed by atoms with Gasteiger partial charge in [0.1, 0.15) is 0 Å². The maximum Gasteiger partial charge on any atom is 0.234 e. The third-order valence-corrected chi connectivity index (χ3v) is 3.27. The van der Waals surface area contributed by atoms with E-state index in [4.69, 9.17) is 9.47 Å². The summed E-state index contributed by atoms with van der Waals surface area (Å²) in [6.45, 7) is 7.27. The highest BCUT2D eigenvalue weighted by Gasteiger charge is 2.11. The van der Waals surface area contributed by atoms with Gasteiger partial charge in [-0.3, -0.25) is 9.69 Å². The number of hydrogen-bond acceptors (Lipinski definition) is 5. The van der Waals surface area contributed by atoms with Crippen LogP contribution in [0.2, 0.25) is 0 Å². The molecule has 1 amide bonds. The number of hydrogen-bond donors (Lipinski definition) is 2. The molecule has 1 saturated heterocycles. The van der Waals surface area contributed by atoms with Gasteiger partial charge in [-0.25, -0.2) is 0 Å². The van der Waals surface area contributed by atoms with E-state index in [0.717, 1.165) is 58.6 Å². The Kier molecular flexibility index (Phi) is 10.5. The minimum Gasteiger partial charge on any atom is -0.382 e. The summed E-state index contributed by atoms with van der Waals surface area (Å²) in [7, 11) is 1.67. The monoisotopic (exact) mass is 287 g/mol. The predicted molar refractivity (Wildman–Crippen MR) is 78.9 cm³/mol. The van der Waals surface area contributed by atoms with E-state index in [2.05, 4.69) is 15.5 Å². The van der Waals surface area contributed by atoms with E-state index in [1.54, 1.807) is 7.11 Å². The molecule has 0 unspecified atom stereocenters. The number of carbonyl (C=O) groups excluding carboxylic acids is 1. The van der Waals surface area contributed by atoms with Gasteiger partial charge >= 0.3 is 0 Å². The summed E-state index contributed by atoms with van der Waals surface area (Å²) >= 11 is 0. The molecule has 1 heterocycles. The first-order valence-electron chi connectivity index (χ1n) is 7.59. The Morgan fingerprint density at radius 1 is 1.20 bits per heavy atom. The first-order valence-corrected chi connectivity index (χ1v) is 7.59. The molecule has 0 bridgehead atoms. The Balaban J connectivity index is 1.91. The van der Waals surface area contributed by atoms with Crippen molar-refractivity contribution in [2.45, 2.75) is 19.3 Å². The van der Waals surface area contributed by atoms with Crippen LogP contribution in [0.25, 0.3) is 0 Å². The van der Waals surface area contributed by atoms with E-state index >= 15 is 0 Å². The summed E-state index contributed by atoms with van der Waals surface area (Å²) in [5.41, 5.74) is 0. The van der Waals surface area contributed by atoms with Gasteiger partial charge in [-0.2, -0.15) is 0 Å². The van der Waals surface area contributed by atoms with Crippen molar-refractivity contribution in [2.24, 2.45) is 0 Å². The average Bonchev–Trinajstić information content (AvgIpc) is 2.70. The van der Waals surface area contributed by atoms with Gasteiger partial charge in [-0.05, 0) is 32.4 Å². The van der Waals surface area contributed by atoms with Crippen molar-refractivity contribution in [3.05, 3.63) is 0 Å². The second-order valence-electron chi connectivity index (χ2n) is 5.04. The third kappa shape index (κ3) is 9.25. The highest BCUT2D eigenvalue weighted by Crippen LogP contribution is 1.95. The second-order valence-corrected chi connectivity index (χ2v) is 5.04. The van der Waals surface area contributed by atoms with Gasteiger partial charge in [0.2, 0.25) is 5.91 Å². The Morgan fingerprint density at radius 3 is 2.95 bits per heavy atom. The Hall–Kier alpha value is -0.690. The molecule has 118 valence electrons. The number of rotatable bonds is 10. The van der Waals surface area contributed by atoms with Gasteiger partial charge in [0, 0.05) is 33.4 Å². The lowest BCUT2D eigenvalue weighted by Crippen LogP contribution is -2.39. The smallest absolute Gasteiger partial charge is 0.234 e. The van der Waals surface area contributed by atoms with Crippen LogP contribution >= 0.6 is 0 Å². The van der Waals surface area contributed by atoms with Crippen molar-refractivity contribution in [2.75, 3.05) is 66.2 Å². The molecule has 6 nitrogen and oxygen atoms in total. The summed E-state index contributed by atoms with van der Waals surface area (Å²) < 4.78 is 10.3. The Bertz CT molecular complexity index is 244. The lowest BCUT2D eigenvalue weighted by atomic mass is 10.3. The Labute approximate surface area is 122 Å². The van der Waals surface area contributed by atoms with Crippen LogP contribution in [-0.2, 0) is 14.3 Å². The summed E-state index contributed by atoms with van der Waals surface area (Å²) in [4.78, 5) is 14.0. The summed E-state index contributed by atoms with van der Waals surface area (Å²) in [5.74, 6) is 0.132. The van der Waals surface area contributed by atoms with Gasteiger partial charge in [-0.15, -0.1) is 0 Å². The van der Waals surface area contributed by atoms with E-state index < -0.39 is 0 Å². The van der Waals surface area contributed by atoms with E-state index in [9.17, 15) is 4.79 Å². The first kappa shape index (κ1) is 17.4. The SMILES string of the molecule is COCCOCCCCNC(=O)CN1CCCNCC1. The quantitative estimate of drug-likeness (QED) is 0.547. The van der Waals surface area contributed by atoms with Crippen LogP contribution in [0, 0.1) is 0 Å². The summed E-state index contributed by atoms with van der Waals surface area (Å²) in [5, 5.41) is 6.31. The second kappa shape index (κ2) is 12.1. The van der Waals surface area contributed by atoms with Crippen molar-refractivity contribution in [1.29, 1.82) is 0 Å². The standard InChI is InChI=1S/C14H29N3O3/c1-19-11-12-20-10-3-2-6-16-14(18)13-17-8-4-5-15-7-9-17/h15H,2-13H2,1H3,(H,16,18). The molecule has 0 saturated carbocycles. The zero-order chi connectivity index (χ0) is 14.5. The Morgan fingerprint density at radius 2 is 2.10 bits per heavy atom. The molecule has 0 aromatic heterocycles. The number of ether oxygens (including phenoxy) is 2. The molecule has 2 N–H and O–H groups in total. The molecule has 1 aliphatic rings. The normalized spacial score (nSPS) is 16.9. The molecule has 0 radical (unpaired) electrons. The number of nitrogens with one attached hydrogen (secondary N) is 2. The zero-order valence-electron chi connectivity index (χ0n) is 12.7. The van der Waals surface area contributed by atoms with Crippen LogP contribution in [0.5, 0.6) is 0 Å². The molecule has 0 aliphatic carbocycles. The van der Waals surface area contributed by atoms with Crippen molar-refractivity contribution in [1.82, 2.24) is 15.5 Å². The van der Waals surface area contributed by atoms with Gasteiger partial charge in [0.25, 0.3) is 0 Å². The van der Waals surface area contributed by atoms with Crippen LogP contribution in [0.1, 0.15) is 19.3 Å². The molecular weight excluding hydrogens is 258 g/mol. The van der Waals surface area contributed by atoms with E-state index in [-0.39, 0.29) is 5.91 Å². The molecule has 1 rings (SSSR count). The molecule has 0 aromatic carbocycles. The topological polar surface area (TPSA) is 62.8 Å². The lowest BCUT2D eigenvalue weighted by Gasteiger charge is -2.18. The van der Waals surface area contributed by atoms with Crippen molar-refractivity contribution >= 4 is 5.91 Å². The van der Waals surface area contributed by atoms with E-state index in [1.165, 1.54) is 0 Å². The fourth-order valence-electron chi connectivity index (χ4n) is 2.12. The molecule has 1 fully saturated rings. The predicted octanol–water partition coefficient (Wildman–Crippen LogP) is -0.159. The first-order chi connectivity index (χ1) is 9.83. The number of carbonyl (C=O) groups is 1. The number of methoxy groups -OCH3 is 1. The molecule has 0 spiro atoms. The average molecular weight is 287 g/mol. The van der Waals surface area contributed by atoms with E-state index in [0.29, 0.717) is 19.8 Å². The molecular formula is C14H29N3O3. The van der Waals surface area contributed by atoms with Crippen molar-refractivity contribution < 1.29 is 14.3 Å². The summed E-state index contributed by atoms with van der Waals surface area (Å²) in [6, 6.07) is 0. The van der Waals surface area contributed by atoms with E-state index in [1.807, 2.05) is 0 Å². The highest BCUT2D eigenvalue weighted by atomic mass is 16.5. The minimum atomic E-state index is 0.132. The number of unbranched alkanes of at least 4 members (excludes halogenated alkanes) is 1. The van der Waals surface area contributed by atoms with Crippen LogP contribution in [0.15, 0.2) is 0 Å².